The van der Waals surface area contributed by atoms with E-state index in [-0.39, 0.29) is 19.1 Å². The second kappa shape index (κ2) is 9.65. The van der Waals surface area contributed by atoms with Crippen LogP contribution in [0.2, 0.25) is 4.34 Å². The van der Waals surface area contributed by atoms with Gasteiger partial charge in [0.1, 0.15) is 6.10 Å². The third-order valence-corrected chi connectivity index (χ3v) is 5.89. The molecule has 1 aromatic heterocycles. The Morgan fingerprint density at radius 3 is 2.67 bits per heavy atom. The first-order valence-corrected chi connectivity index (χ1v) is 11.9. The number of carbonyl (C=O) groups is 2. The molecule has 0 bridgehead atoms. The minimum atomic E-state index is -3.46. The van der Waals surface area contributed by atoms with Gasteiger partial charge in [-0.05, 0) is 36.4 Å². The molecule has 1 aliphatic heterocycles. The number of hydrogen-bond acceptors (Lipinski definition) is 8. The molecule has 30 heavy (non-hydrogen) atoms. The number of amides is 2. The van der Waals surface area contributed by atoms with Gasteiger partial charge < -0.3 is 15.4 Å². The predicted octanol–water partition coefficient (Wildman–Crippen LogP) is 2.54. The lowest BCUT2D eigenvalue weighted by Crippen LogP contribution is -2.34. The van der Waals surface area contributed by atoms with Crippen LogP contribution in [0.4, 0.5) is 16.2 Å². The van der Waals surface area contributed by atoms with Crippen molar-refractivity contribution in [1.82, 2.24) is 5.32 Å². The molecule has 3 rings (SSSR count). The van der Waals surface area contributed by atoms with Crippen molar-refractivity contribution in [2.75, 3.05) is 42.7 Å². The highest BCUT2D eigenvalue weighted by molar-refractivity contribution is 7.85. The van der Waals surface area contributed by atoms with Gasteiger partial charge in [-0.2, -0.15) is 8.42 Å². The van der Waals surface area contributed by atoms with Crippen LogP contribution in [0, 0.1) is 0 Å². The Kier molecular flexibility index (Phi) is 7.19. The highest BCUT2D eigenvalue weighted by Crippen LogP contribution is 2.24. The van der Waals surface area contributed by atoms with E-state index in [2.05, 4.69) is 14.8 Å². The fourth-order valence-electron chi connectivity index (χ4n) is 2.72. The van der Waals surface area contributed by atoms with Gasteiger partial charge in [0, 0.05) is 17.9 Å². The molecule has 0 radical (unpaired) electrons. The number of thiophene rings is 1. The molecule has 1 atom stereocenters. The quantitative estimate of drug-likeness (QED) is 0.425. The third-order valence-electron chi connectivity index (χ3n) is 4.07. The first kappa shape index (κ1) is 22.3. The van der Waals surface area contributed by atoms with Crippen LogP contribution >= 0.6 is 22.9 Å². The average molecular weight is 474 g/mol. The van der Waals surface area contributed by atoms with Crippen molar-refractivity contribution in [3.05, 3.63) is 45.6 Å². The zero-order valence-corrected chi connectivity index (χ0v) is 18.3. The highest BCUT2D eigenvalue weighted by Gasteiger charge is 2.32. The number of nitrogens with one attached hydrogen (secondary N) is 2. The van der Waals surface area contributed by atoms with E-state index in [1.807, 2.05) is 0 Å². The Balaban J connectivity index is 1.48. The fraction of sp³-hybridized carbons (Fsp3) is 0.333. The summed E-state index contributed by atoms with van der Waals surface area (Å²) in [6, 6.07) is 10.3. The van der Waals surface area contributed by atoms with Gasteiger partial charge in [0.2, 0.25) is 0 Å². The van der Waals surface area contributed by atoms with Gasteiger partial charge in [0.25, 0.3) is 16.0 Å². The van der Waals surface area contributed by atoms with Crippen LogP contribution in [-0.4, -0.2) is 59.0 Å². The fourth-order valence-corrected chi connectivity index (χ4v) is 4.06. The SMILES string of the molecule is CS(=O)(=O)OCCNc1ccc(N2C[C@H](CNC(=O)c3ccc(Cl)s3)OC2=O)cc1. The van der Waals surface area contributed by atoms with E-state index < -0.39 is 22.3 Å². The molecule has 1 saturated heterocycles. The van der Waals surface area contributed by atoms with Crippen molar-refractivity contribution in [1.29, 1.82) is 0 Å². The van der Waals surface area contributed by atoms with E-state index in [1.165, 1.54) is 16.2 Å². The maximum absolute atomic E-state index is 12.2. The summed E-state index contributed by atoms with van der Waals surface area (Å²) in [4.78, 5) is 26.2. The molecule has 0 unspecified atom stereocenters. The lowest BCUT2D eigenvalue weighted by molar-refractivity contribution is 0.0920. The maximum atomic E-state index is 12.2. The molecular weight excluding hydrogens is 454 g/mol. The van der Waals surface area contributed by atoms with E-state index in [0.29, 0.717) is 28.0 Å². The molecule has 1 aliphatic rings. The minimum Gasteiger partial charge on any atom is -0.442 e. The molecule has 1 fully saturated rings. The monoisotopic (exact) mass is 473 g/mol. The first-order chi connectivity index (χ1) is 14.2. The molecule has 2 aromatic rings. The normalized spacial score (nSPS) is 16.4. The Labute approximate surface area is 183 Å². The minimum absolute atomic E-state index is 0.0180. The van der Waals surface area contributed by atoms with E-state index in [9.17, 15) is 18.0 Å². The second-order valence-corrected chi connectivity index (χ2v) is 9.79. The molecule has 0 saturated carbocycles. The smallest absolute Gasteiger partial charge is 0.414 e. The molecule has 2 amide bonds. The lowest BCUT2D eigenvalue weighted by Gasteiger charge is -2.14. The number of anilines is 2. The number of hydrogen-bond donors (Lipinski definition) is 2. The summed E-state index contributed by atoms with van der Waals surface area (Å²) in [5, 5.41) is 5.76. The average Bonchev–Trinajstić information content (AvgIpc) is 3.29. The zero-order chi connectivity index (χ0) is 21.7. The number of rotatable bonds is 9. The van der Waals surface area contributed by atoms with Crippen molar-refractivity contribution in [3.63, 3.8) is 0 Å². The summed E-state index contributed by atoms with van der Waals surface area (Å²) >= 11 is 7.01. The van der Waals surface area contributed by atoms with Crippen molar-refractivity contribution in [3.8, 4) is 0 Å². The molecule has 1 aromatic carbocycles. The van der Waals surface area contributed by atoms with Crippen LogP contribution in [0.25, 0.3) is 0 Å². The Morgan fingerprint density at radius 1 is 1.30 bits per heavy atom. The van der Waals surface area contributed by atoms with E-state index in [0.717, 1.165) is 11.9 Å². The Bertz CT molecular complexity index is 1010. The van der Waals surface area contributed by atoms with Crippen LogP contribution in [0.5, 0.6) is 0 Å². The number of cyclic esters (lactones) is 1. The first-order valence-electron chi connectivity index (χ1n) is 8.91. The predicted molar refractivity (Wildman–Crippen MR) is 115 cm³/mol. The van der Waals surface area contributed by atoms with Crippen molar-refractivity contribution < 1.29 is 26.9 Å². The largest absolute Gasteiger partial charge is 0.442 e. The Morgan fingerprint density at radius 2 is 2.03 bits per heavy atom. The van der Waals surface area contributed by atoms with Crippen molar-refractivity contribution in [2.45, 2.75) is 6.10 Å². The van der Waals surface area contributed by atoms with Crippen molar-refractivity contribution >= 4 is 56.4 Å². The van der Waals surface area contributed by atoms with Crippen LogP contribution in [0.1, 0.15) is 9.67 Å². The number of nitrogens with zero attached hydrogens (tertiary/aromatic N) is 1. The highest BCUT2D eigenvalue weighted by atomic mass is 35.5. The lowest BCUT2D eigenvalue weighted by atomic mass is 10.2. The van der Waals surface area contributed by atoms with E-state index >= 15 is 0 Å². The van der Waals surface area contributed by atoms with Gasteiger partial charge in [0.05, 0.1) is 35.2 Å². The second-order valence-electron chi connectivity index (χ2n) is 6.43. The van der Waals surface area contributed by atoms with E-state index in [4.69, 9.17) is 16.3 Å². The maximum Gasteiger partial charge on any atom is 0.414 e. The van der Waals surface area contributed by atoms with E-state index in [1.54, 1.807) is 36.4 Å². The molecular formula is C18H20ClN3O6S2. The van der Waals surface area contributed by atoms with Gasteiger partial charge >= 0.3 is 6.09 Å². The summed E-state index contributed by atoms with van der Waals surface area (Å²) in [5.74, 6) is -0.267. The third kappa shape index (κ3) is 6.33. The molecule has 0 spiro atoms. The van der Waals surface area contributed by atoms with Gasteiger partial charge in [-0.15, -0.1) is 11.3 Å². The number of benzene rings is 1. The van der Waals surface area contributed by atoms with Gasteiger partial charge in [-0.3, -0.25) is 13.9 Å². The summed E-state index contributed by atoms with van der Waals surface area (Å²) in [6.07, 6.45) is 0.0337. The molecule has 162 valence electrons. The summed E-state index contributed by atoms with van der Waals surface area (Å²) in [6.45, 7) is 0.829. The Hall–Kier alpha value is -2.34. The van der Waals surface area contributed by atoms with Crippen LogP contribution < -0.4 is 15.5 Å². The van der Waals surface area contributed by atoms with Crippen molar-refractivity contribution in [2.24, 2.45) is 0 Å². The molecule has 0 aliphatic carbocycles. The molecule has 2 heterocycles. The number of halogens is 1. The van der Waals surface area contributed by atoms with Gasteiger partial charge in [-0.1, -0.05) is 11.6 Å². The van der Waals surface area contributed by atoms with Crippen LogP contribution in [-0.2, 0) is 19.0 Å². The topological polar surface area (TPSA) is 114 Å². The molecule has 12 heteroatoms. The summed E-state index contributed by atoms with van der Waals surface area (Å²) < 4.78 is 32.3. The number of carbonyl (C=O) groups excluding carboxylic acids is 2. The summed E-state index contributed by atoms with van der Waals surface area (Å²) in [7, 11) is -3.46. The standard InChI is InChI=1S/C18H20ClN3O6S2/c1-30(25,26)27-9-8-20-12-2-4-13(5-3-12)22-11-14(28-18(22)24)10-21-17(23)15-6-7-16(19)29-15/h2-7,14,20H,8-11H2,1H3,(H,21,23)/t14-/m0/s1. The number of ether oxygens (including phenoxy) is 1. The summed E-state index contributed by atoms with van der Waals surface area (Å²) in [5.41, 5.74) is 1.40. The molecule has 2 N–H and O–H groups in total. The van der Waals surface area contributed by atoms with Crippen LogP contribution in [0.15, 0.2) is 36.4 Å². The van der Waals surface area contributed by atoms with Gasteiger partial charge in [0.15, 0.2) is 0 Å². The van der Waals surface area contributed by atoms with Crippen LogP contribution in [0.3, 0.4) is 0 Å². The zero-order valence-electron chi connectivity index (χ0n) is 16.0. The molecule has 9 nitrogen and oxygen atoms in total. The van der Waals surface area contributed by atoms with Gasteiger partial charge in [-0.25, -0.2) is 4.79 Å².